The maximum absolute atomic E-state index is 12.1. The average molecular weight is 284 g/mol. The zero-order valence-corrected chi connectivity index (χ0v) is 12.1. The third-order valence-electron chi connectivity index (χ3n) is 3.13. The Kier molecular flexibility index (Phi) is 6.20. The molecule has 1 aliphatic heterocycles. The maximum Gasteiger partial charge on any atom is 0.214 e. The second kappa shape index (κ2) is 6.92. The van der Waals surface area contributed by atoms with Crippen molar-refractivity contribution in [3.8, 4) is 0 Å². The third-order valence-corrected chi connectivity index (χ3v) is 5.80. The highest BCUT2D eigenvalue weighted by atomic mass is 35.5. The van der Waals surface area contributed by atoms with E-state index in [2.05, 4.69) is 0 Å². The van der Waals surface area contributed by atoms with Gasteiger partial charge in [-0.25, -0.2) is 12.7 Å². The monoisotopic (exact) mass is 283 g/mol. The van der Waals surface area contributed by atoms with Crippen LogP contribution in [0.15, 0.2) is 0 Å². The van der Waals surface area contributed by atoms with Crippen molar-refractivity contribution in [1.82, 2.24) is 4.31 Å². The summed E-state index contributed by atoms with van der Waals surface area (Å²) in [6.07, 6.45) is 1.78. The smallest absolute Gasteiger partial charge is 0.214 e. The first kappa shape index (κ1) is 15.2. The van der Waals surface area contributed by atoms with E-state index in [0.717, 1.165) is 19.4 Å². The van der Waals surface area contributed by atoms with Crippen molar-refractivity contribution in [1.29, 1.82) is 0 Å². The molecule has 0 saturated carbocycles. The highest BCUT2D eigenvalue weighted by Gasteiger charge is 2.28. The van der Waals surface area contributed by atoms with E-state index in [4.69, 9.17) is 16.3 Å². The molecule has 0 amide bonds. The second-order valence-electron chi connectivity index (χ2n) is 4.84. The molecule has 1 heterocycles. The Hall–Kier alpha value is 0.160. The summed E-state index contributed by atoms with van der Waals surface area (Å²) in [6, 6.07) is 0. The average Bonchev–Trinajstić information content (AvgIpc) is 2.29. The molecule has 1 fully saturated rings. The molecule has 0 aromatic carbocycles. The van der Waals surface area contributed by atoms with Crippen LogP contribution in [0.2, 0.25) is 0 Å². The first-order chi connectivity index (χ1) is 7.99. The van der Waals surface area contributed by atoms with Crippen molar-refractivity contribution >= 4 is 21.6 Å². The van der Waals surface area contributed by atoms with Gasteiger partial charge in [0.15, 0.2) is 0 Å². The Morgan fingerprint density at radius 2 is 2.00 bits per heavy atom. The van der Waals surface area contributed by atoms with E-state index in [1.165, 1.54) is 0 Å². The summed E-state index contributed by atoms with van der Waals surface area (Å²) in [6.45, 7) is 3.82. The Morgan fingerprint density at radius 3 is 2.47 bits per heavy atom. The second-order valence-corrected chi connectivity index (χ2v) is 7.16. The van der Waals surface area contributed by atoms with Crippen molar-refractivity contribution in [2.75, 3.05) is 38.4 Å². The van der Waals surface area contributed by atoms with Gasteiger partial charge in [0.25, 0.3) is 0 Å². The van der Waals surface area contributed by atoms with Crippen molar-refractivity contribution in [2.24, 2.45) is 11.8 Å². The van der Waals surface area contributed by atoms with Crippen LogP contribution in [0.3, 0.4) is 0 Å². The van der Waals surface area contributed by atoms with E-state index in [1.807, 2.05) is 6.92 Å². The number of piperidine rings is 1. The molecule has 0 aromatic rings. The highest BCUT2D eigenvalue weighted by Crippen LogP contribution is 2.21. The van der Waals surface area contributed by atoms with E-state index in [-0.39, 0.29) is 11.7 Å². The summed E-state index contributed by atoms with van der Waals surface area (Å²) in [5.74, 6) is 1.06. The molecular weight excluding hydrogens is 262 g/mol. The van der Waals surface area contributed by atoms with Gasteiger partial charge in [0, 0.05) is 32.7 Å². The van der Waals surface area contributed by atoms with Gasteiger partial charge >= 0.3 is 0 Å². The number of alkyl halides is 1. The maximum atomic E-state index is 12.1. The van der Waals surface area contributed by atoms with Crippen LogP contribution in [0.1, 0.15) is 19.8 Å². The summed E-state index contributed by atoms with van der Waals surface area (Å²) in [7, 11) is -1.44. The summed E-state index contributed by atoms with van der Waals surface area (Å²) >= 11 is 5.66. The van der Waals surface area contributed by atoms with Gasteiger partial charge in [0.1, 0.15) is 0 Å². The lowest BCUT2D eigenvalue weighted by atomic mass is 9.99. The molecule has 1 saturated heterocycles. The van der Waals surface area contributed by atoms with Gasteiger partial charge in [-0.15, -0.1) is 11.6 Å². The van der Waals surface area contributed by atoms with Crippen LogP contribution in [0.5, 0.6) is 0 Å². The molecule has 4 nitrogen and oxygen atoms in total. The molecule has 0 N–H and O–H groups in total. The van der Waals surface area contributed by atoms with E-state index >= 15 is 0 Å². The molecule has 6 heteroatoms. The molecule has 1 rings (SSSR count). The zero-order chi connectivity index (χ0) is 12.9. The Bertz CT molecular complexity index is 313. The minimum atomic E-state index is -3.12. The molecule has 102 valence electrons. The van der Waals surface area contributed by atoms with Crippen molar-refractivity contribution in [3.05, 3.63) is 0 Å². The summed E-state index contributed by atoms with van der Waals surface area (Å²) in [4.78, 5) is 0. The minimum Gasteiger partial charge on any atom is -0.384 e. The molecule has 0 aromatic heterocycles. The first-order valence-corrected chi connectivity index (χ1v) is 8.16. The first-order valence-electron chi connectivity index (χ1n) is 6.02. The van der Waals surface area contributed by atoms with Gasteiger partial charge in [0.05, 0.1) is 5.75 Å². The van der Waals surface area contributed by atoms with Crippen LogP contribution >= 0.6 is 11.6 Å². The SMILES string of the molecule is COCC1CCN(S(=O)(=O)CC(C)CCl)CC1. The van der Waals surface area contributed by atoms with E-state index in [9.17, 15) is 8.42 Å². The van der Waals surface area contributed by atoms with Crippen LogP contribution in [0, 0.1) is 11.8 Å². The van der Waals surface area contributed by atoms with Gasteiger partial charge < -0.3 is 4.74 Å². The quantitative estimate of drug-likeness (QED) is 0.695. The molecule has 1 atom stereocenters. The molecule has 17 heavy (non-hydrogen) atoms. The van der Waals surface area contributed by atoms with Crippen LogP contribution < -0.4 is 0 Å². The van der Waals surface area contributed by atoms with E-state index < -0.39 is 10.0 Å². The molecule has 0 radical (unpaired) electrons. The van der Waals surface area contributed by atoms with Crippen molar-refractivity contribution < 1.29 is 13.2 Å². The fourth-order valence-electron chi connectivity index (χ4n) is 2.10. The van der Waals surface area contributed by atoms with Crippen molar-refractivity contribution in [3.63, 3.8) is 0 Å². The molecule has 0 spiro atoms. The van der Waals surface area contributed by atoms with Crippen LogP contribution in [-0.2, 0) is 14.8 Å². The lowest BCUT2D eigenvalue weighted by Crippen LogP contribution is -2.41. The van der Waals surface area contributed by atoms with Gasteiger partial charge in [-0.05, 0) is 24.7 Å². The molecule has 0 bridgehead atoms. The van der Waals surface area contributed by atoms with Crippen molar-refractivity contribution in [2.45, 2.75) is 19.8 Å². The standard InChI is InChI=1S/C11H22ClNO3S/c1-10(7-12)9-17(14,15)13-5-3-11(4-6-13)8-16-2/h10-11H,3-9H2,1-2H3. The number of ether oxygens (including phenoxy) is 1. The van der Waals surface area contributed by atoms with Gasteiger partial charge in [-0.1, -0.05) is 6.92 Å². The van der Waals surface area contributed by atoms with Gasteiger partial charge in [-0.2, -0.15) is 0 Å². The number of hydrogen-bond donors (Lipinski definition) is 0. The largest absolute Gasteiger partial charge is 0.384 e. The highest BCUT2D eigenvalue weighted by molar-refractivity contribution is 7.89. The van der Waals surface area contributed by atoms with E-state index in [1.54, 1.807) is 11.4 Å². The number of hydrogen-bond acceptors (Lipinski definition) is 3. The fourth-order valence-corrected chi connectivity index (χ4v) is 4.15. The van der Waals surface area contributed by atoms with Gasteiger partial charge in [0.2, 0.25) is 10.0 Å². The zero-order valence-electron chi connectivity index (χ0n) is 10.6. The summed E-state index contributed by atoms with van der Waals surface area (Å²) in [5, 5.41) is 0. The van der Waals surface area contributed by atoms with E-state index in [0.29, 0.717) is 24.9 Å². The Morgan fingerprint density at radius 1 is 1.41 bits per heavy atom. The van der Waals surface area contributed by atoms with Crippen LogP contribution in [-0.4, -0.2) is 51.2 Å². The van der Waals surface area contributed by atoms with Crippen LogP contribution in [0.25, 0.3) is 0 Å². The fraction of sp³-hybridized carbons (Fsp3) is 1.00. The number of sulfonamides is 1. The summed E-state index contributed by atoms with van der Waals surface area (Å²) in [5.41, 5.74) is 0. The van der Waals surface area contributed by atoms with Crippen LogP contribution in [0.4, 0.5) is 0 Å². The minimum absolute atomic E-state index is 0.0124. The van der Waals surface area contributed by atoms with Gasteiger partial charge in [-0.3, -0.25) is 0 Å². The normalized spacial score (nSPS) is 21.6. The number of nitrogens with zero attached hydrogens (tertiary/aromatic N) is 1. The number of halogens is 1. The molecular formula is C11H22ClNO3S. The third kappa shape index (κ3) is 4.73. The molecule has 1 unspecified atom stereocenters. The molecule has 1 aliphatic rings. The lowest BCUT2D eigenvalue weighted by Gasteiger charge is -2.31. The summed E-state index contributed by atoms with van der Waals surface area (Å²) < 4.78 is 30.8. The number of rotatable bonds is 6. The predicted octanol–water partition coefficient (Wildman–Crippen LogP) is 1.55. The predicted molar refractivity (Wildman–Crippen MR) is 69.8 cm³/mol. The number of methoxy groups -OCH3 is 1. The Labute approximate surface area is 109 Å². The Balaban J connectivity index is 2.47. The lowest BCUT2D eigenvalue weighted by molar-refractivity contribution is 0.121. The topological polar surface area (TPSA) is 46.6 Å². The molecule has 0 aliphatic carbocycles.